The maximum Gasteiger partial charge on any atom is 0.315 e. The molecule has 0 saturated carbocycles. The maximum absolute atomic E-state index is 14.0. The van der Waals surface area contributed by atoms with Gasteiger partial charge in [0.05, 0.1) is 0 Å². The van der Waals surface area contributed by atoms with E-state index in [9.17, 15) is 14.3 Å². The molecular formula is C17H18FNO2. The molecule has 0 amide bonds. The van der Waals surface area contributed by atoms with Gasteiger partial charge in [0.2, 0.25) is 0 Å². The van der Waals surface area contributed by atoms with Crippen LogP contribution in [-0.4, -0.2) is 17.6 Å². The third kappa shape index (κ3) is 3.11. The number of carboxylic acid groups (broad SMARTS) is 1. The highest BCUT2D eigenvalue weighted by molar-refractivity contribution is 5.82. The van der Waals surface area contributed by atoms with E-state index in [-0.39, 0.29) is 18.5 Å². The first-order valence-electron chi connectivity index (χ1n) is 6.82. The van der Waals surface area contributed by atoms with Gasteiger partial charge in [-0.1, -0.05) is 48.5 Å². The predicted octanol–water partition coefficient (Wildman–Crippen LogP) is 2.74. The van der Waals surface area contributed by atoms with Crippen molar-refractivity contribution in [1.82, 2.24) is 0 Å². The highest BCUT2D eigenvalue weighted by Gasteiger charge is 2.40. The molecule has 0 aliphatic heterocycles. The molecule has 0 saturated heterocycles. The summed E-state index contributed by atoms with van der Waals surface area (Å²) in [4.78, 5) is 11.8. The molecule has 0 radical (unpaired) electrons. The number of aliphatic carboxylic acids is 1. The standard InChI is InChI=1S/C17H18FNO2/c18-15-9-5-4-8-14(15)17(12-19,16(20)21)11-10-13-6-2-1-3-7-13/h1-9H,10-12,19H2,(H,20,21). The molecular weight excluding hydrogens is 269 g/mol. The van der Waals surface area contributed by atoms with Crippen molar-refractivity contribution in [1.29, 1.82) is 0 Å². The molecule has 21 heavy (non-hydrogen) atoms. The minimum absolute atomic E-state index is 0.143. The second-order valence-electron chi connectivity index (χ2n) is 5.06. The van der Waals surface area contributed by atoms with E-state index in [1.807, 2.05) is 30.3 Å². The van der Waals surface area contributed by atoms with Gasteiger partial charge in [0, 0.05) is 12.1 Å². The van der Waals surface area contributed by atoms with Crippen molar-refractivity contribution in [3.05, 3.63) is 71.5 Å². The third-order valence-electron chi connectivity index (χ3n) is 3.83. The first-order valence-corrected chi connectivity index (χ1v) is 6.82. The van der Waals surface area contributed by atoms with Crippen LogP contribution in [-0.2, 0) is 16.6 Å². The number of rotatable bonds is 6. The monoisotopic (exact) mass is 287 g/mol. The summed E-state index contributed by atoms with van der Waals surface area (Å²) in [5.41, 5.74) is 5.48. The molecule has 0 heterocycles. The Morgan fingerprint density at radius 2 is 1.71 bits per heavy atom. The van der Waals surface area contributed by atoms with E-state index < -0.39 is 17.2 Å². The Labute approximate surface area is 123 Å². The van der Waals surface area contributed by atoms with E-state index in [1.165, 1.54) is 12.1 Å². The van der Waals surface area contributed by atoms with Crippen LogP contribution in [0.5, 0.6) is 0 Å². The van der Waals surface area contributed by atoms with Gasteiger partial charge in [0.25, 0.3) is 0 Å². The minimum Gasteiger partial charge on any atom is -0.481 e. The highest BCUT2D eigenvalue weighted by Crippen LogP contribution is 2.31. The van der Waals surface area contributed by atoms with Crippen LogP contribution in [0.4, 0.5) is 4.39 Å². The average molecular weight is 287 g/mol. The fourth-order valence-corrected chi connectivity index (χ4v) is 2.51. The molecule has 0 aliphatic carbocycles. The molecule has 110 valence electrons. The average Bonchev–Trinajstić information content (AvgIpc) is 2.50. The molecule has 4 heteroatoms. The predicted molar refractivity (Wildman–Crippen MR) is 79.5 cm³/mol. The molecule has 0 fully saturated rings. The van der Waals surface area contributed by atoms with Crippen molar-refractivity contribution in [3.63, 3.8) is 0 Å². The topological polar surface area (TPSA) is 63.3 Å². The molecule has 2 rings (SSSR count). The molecule has 0 bridgehead atoms. The molecule has 0 aliphatic rings. The van der Waals surface area contributed by atoms with Crippen LogP contribution >= 0.6 is 0 Å². The van der Waals surface area contributed by atoms with Crippen molar-refractivity contribution in [2.24, 2.45) is 5.73 Å². The van der Waals surface area contributed by atoms with Crippen LogP contribution in [0.3, 0.4) is 0 Å². The lowest BCUT2D eigenvalue weighted by atomic mass is 9.75. The molecule has 0 aromatic heterocycles. The van der Waals surface area contributed by atoms with Gasteiger partial charge < -0.3 is 10.8 Å². The summed E-state index contributed by atoms with van der Waals surface area (Å²) in [5, 5.41) is 9.63. The number of benzene rings is 2. The van der Waals surface area contributed by atoms with Crippen molar-refractivity contribution in [2.45, 2.75) is 18.3 Å². The van der Waals surface area contributed by atoms with E-state index in [2.05, 4.69) is 0 Å². The zero-order valence-electron chi connectivity index (χ0n) is 11.6. The van der Waals surface area contributed by atoms with Gasteiger partial charge in [-0.05, 0) is 24.5 Å². The first kappa shape index (κ1) is 15.2. The summed E-state index contributed by atoms with van der Waals surface area (Å²) >= 11 is 0. The fourth-order valence-electron chi connectivity index (χ4n) is 2.51. The Balaban J connectivity index is 2.34. The first-order chi connectivity index (χ1) is 10.1. The van der Waals surface area contributed by atoms with Gasteiger partial charge in [0.15, 0.2) is 0 Å². The Bertz CT molecular complexity index is 615. The lowest BCUT2D eigenvalue weighted by Gasteiger charge is -2.29. The lowest BCUT2D eigenvalue weighted by Crippen LogP contribution is -2.44. The molecule has 1 unspecified atom stereocenters. The maximum atomic E-state index is 14.0. The Morgan fingerprint density at radius 3 is 2.29 bits per heavy atom. The second kappa shape index (κ2) is 6.50. The quantitative estimate of drug-likeness (QED) is 0.858. The van der Waals surface area contributed by atoms with Crippen LogP contribution in [0.15, 0.2) is 54.6 Å². The molecule has 2 aromatic carbocycles. The molecule has 3 nitrogen and oxygen atoms in total. The zero-order valence-corrected chi connectivity index (χ0v) is 11.6. The summed E-state index contributed by atoms with van der Waals surface area (Å²) in [6, 6.07) is 15.5. The van der Waals surface area contributed by atoms with Gasteiger partial charge in [-0.15, -0.1) is 0 Å². The summed E-state index contributed by atoms with van der Waals surface area (Å²) in [5.74, 6) is -1.62. The number of hydrogen-bond donors (Lipinski definition) is 2. The summed E-state index contributed by atoms with van der Waals surface area (Å²) < 4.78 is 14.0. The lowest BCUT2D eigenvalue weighted by molar-refractivity contribution is -0.143. The van der Waals surface area contributed by atoms with E-state index in [1.54, 1.807) is 12.1 Å². The molecule has 3 N–H and O–H groups in total. The number of aryl methyl sites for hydroxylation is 1. The number of halogens is 1. The van der Waals surface area contributed by atoms with Crippen molar-refractivity contribution in [3.8, 4) is 0 Å². The summed E-state index contributed by atoms with van der Waals surface area (Å²) in [7, 11) is 0. The number of nitrogens with two attached hydrogens (primary N) is 1. The number of hydrogen-bond acceptors (Lipinski definition) is 2. The zero-order chi connectivity index (χ0) is 15.3. The van der Waals surface area contributed by atoms with E-state index >= 15 is 0 Å². The normalized spacial score (nSPS) is 13.6. The minimum atomic E-state index is -1.40. The third-order valence-corrected chi connectivity index (χ3v) is 3.83. The Kier molecular flexibility index (Phi) is 4.70. The number of carboxylic acids is 1. The molecule has 1 atom stereocenters. The Morgan fingerprint density at radius 1 is 1.10 bits per heavy atom. The highest BCUT2D eigenvalue weighted by atomic mass is 19.1. The van der Waals surface area contributed by atoms with Crippen LogP contribution in [0.1, 0.15) is 17.5 Å². The summed E-state index contributed by atoms with van der Waals surface area (Å²) in [6.45, 7) is -0.143. The van der Waals surface area contributed by atoms with Gasteiger partial charge in [-0.2, -0.15) is 0 Å². The van der Waals surface area contributed by atoms with Crippen LogP contribution < -0.4 is 5.73 Å². The molecule has 2 aromatic rings. The van der Waals surface area contributed by atoms with Crippen molar-refractivity contribution >= 4 is 5.97 Å². The van der Waals surface area contributed by atoms with Gasteiger partial charge >= 0.3 is 5.97 Å². The van der Waals surface area contributed by atoms with Crippen LogP contribution in [0, 0.1) is 5.82 Å². The van der Waals surface area contributed by atoms with E-state index in [0.717, 1.165) is 5.56 Å². The smallest absolute Gasteiger partial charge is 0.315 e. The Hall–Kier alpha value is -2.20. The second-order valence-corrected chi connectivity index (χ2v) is 5.06. The van der Waals surface area contributed by atoms with Gasteiger partial charge in [0.1, 0.15) is 11.2 Å². The SMILES string of the molecule is NCC(CCc1ccccc1)(C(=O)O)c1ccccc1F. The van der Waals surface area contributed by atoms with E-state index in [4.69, 9.17) is 5.73 Å². The molecule has 0 spiro atoms. The van der Waals surface area contributed by atoms with Crippen LogP contribution in [0.2, 0.25) is 0 Å². The van der Waals surface area contributed by atoms with Crippen molar-refractivity contribution < 1.29 is 14.3 Å². The van der Waals surface area contributed by atoms with Gasteiger partial charge in [-0.3, -0.25) is 4.79 Å². The van der Waals surface area contributed by atoms with E-state index in [0.29, 0.717) is 6.42 Å². The largest absolute Gasteiger partial charge is 0.481 e. The number of carbonyl (C=O) groups is 1. The fraction of sp³-hybridized carbons (Fsp3) is 0.235. The summed E-state index contributed by atoms with van der Waals surface area (Å²) in [6.07, 6.45) is 0.780. The van der Waals surface area contributed by atoms with Crippen LogP contribution in [0.25, 0.3) is 0 Å². The van der Waals surface area contributed by atoms with Gasteiger partial charge in [-0.25, -0.2) is 4.39 Å². The van der Waals surface area contributed by atoms with Crippen molar-refractivity contribution in [2.75, 3.05) is 6.54 Å².